The van der Waals surface area contributed by atoms with Crippen LogP contribution in [0.2, 0.25) is 0 Å². The van der Waals surface area contributed by atoms with Crippen molar-refractivity contribution < 1.29 is 19.2 Å². The molecule has 3 atom stereocenters. The van der Waals surface area contributed by atoms with Gasteiger partial charge in [-0.05, 0) is 50.4 Å². The maximum absolute atomic E-state index is 12.7. The molecule has 34 heavy (non-hydrogen) atoms. The number of ketones is 1. The highest BCUT2D eigenvalue weighted by molar-refractivity contribution is 7.79. The molecule has 3 amide bonds. The summed E-state index contributed by atoms with van der Waals surface area (Å²) in [5.41, 5.74) is 0.378. The highest BCUT2D eigenvalue weighted by Gasteiger charge is 2.29. The number of rotatable bonds is 14. The SMILES string of the molecule is C=C(C)C(=O)C(CC(C)C)NC(=O)[C@H](C)NC(=O)C(NC(=O)CCCCC)C(C)C.CC.CS. The summed E-state index contributed by atoms with van der Waals surface area (Å²) >= 11 is 3.53. The minimum atomic E-state index is -0.844. The van der Waals surface area contributed by atoms with E-state index in [1.807, 2.05) is 41.5 Å². The second-order valence-corrected chi connectivity index (χ2v) is 8.81. The number of nitrogens with one attached hydrogen (secondary N) is 3. The summed E-state index contributed by atoms with van der Waals surface area (Å²) < 4.78 is 0. The third-order valence-electron chi connectivity index (χ3n) is 4.79. The maximum Gasteiger partial charge on any atom is 0.243 e. The van der Waals surface area contributed by atoms with E-state index in [0.717, 1.165) is 19.3 Å². The Hall–Kier alpha value is -1.83. The molecule has 0 aliphatic carbocycles. The van der Waals surface area contributed by atoms with Gasteiger partial charge in [-0.3, -0.25) is 19.2 Å². The van der Waals surface area contributed by atoms with E-state index in [9.17, 15) is 19.2 Å². The highest BCUT2D eigenvalue weighted by atomic mass is 32.1. The Bertz CT molecular complexity index is 621. The monoisotopic (exact) mass is 501 g/mol. The molecule has 0 bridgehead atoms. The van der Waals surface area contributed by atoms with E-state index in [2.05, 4.69) is 42.1 Å². The van der Waals surface area contributed by atoms with Crippen molar-refractivity contribution >= 4 is 36.1 Å². The molecule has 0 aromatic carbocycles. The highest BCUT2D eigenvalue weighted by Crippen LogP contribution is 2.10. The van der Waals surface area contributed by atoms with Gasteiger partial charge < -0.3 is 16.0 Å². The zero-order valence-electron chi connectivity index (χ0n) is 23.2. The molecule has 0 fully saturated rings. The second-order valence-electron chi connectivity index (χ2n) is 8.81. The van der Waals surface area contributed by atoms with E-state index in [0.29, 0.717) is 18.4 Å². The van der Waals surface area contributed by atoms with Crippen LogP contribution < -0.4 is 16.0 Å². The number of unbranched alkanes of at least 4 members (excludes halogenated alkanes) is 2. The maximum atomic E-state index is 12.7. The molecule has 8 heteroatoms. The quantitative estimate of drug-likeness (QED) is 0.160. The van der Waals surface area contributed by atoms with Crippen molar-refractivity contribution in [3.05, 3.63) is 12.2 Å². The van der Waals surface area contributed by atoms with Gasteiger partial charge in [-0.25, -0.2) is 0 Å². The fraction of sp³-hybridized carbons (Fsp3) is 0.769. The predicted octanol–water partition coefficient (Wildman–Crippen LogP) is 4.46. The van der Waals surface area contributed by atoms with Gasteiger partial charge in [0, 0.05) is 6.42 Å². The number of carbonyl (C=O) groups excluding carboxylic acids is 4. The van der Waals surface area contributed by atoms with Crippen molar-refractivity contribution in [2.24, 2.45) is 11.8 Å². The van der Waals surface area contributed by atoms with Crippen LogP contribution in [0.5, 0.6) is 0 Å². The van der Waals surface area contributed by atoms with E-state index in [1.165, 1.54) is 0 Å². The molecule has 0 saturated carbocycles. The third-order valence-corrected chi connectivity index (χ3v) is 4.79. The lowest BCUT2D eigenvalue weighted by Gasteiger charge is -2.25. The lowest BCUT2D eigenvalue weighted by atomic mass is 9.97. The van der Waals surface area contributed by atoms with Crippen molar-refractivity contribution in [3.8, 4) is 0 Å². The molecule has 2 unspecified atom stereocenters. The van der Waals surface area contributed by atoms with Crippen LogP contribution in [0.25, 0.3) is 0 Å². The summed E-state index contributed by atoms with van der Waals surface area (Å²) in [6.45, 7) is 20.5. The molecule has 0 rings (SSSR count). The van der Waals surface area contributed by atoms with Gasteiger partial charge in [-0.15, -0.1) is 0 Å². The Morgan fingerprint density at radius 1 is 0.853 bits per heavy atom. The molecule has 200 valence electrons. The van der Waals surface area contributed by atoms with Crippen LogP contribution in [0.1, 0.15) is 94.4 Å². The topological polar surface area (TPSA) is 104 Å². The van der Waals surface area contributed by atoms with Crippen molar-refractivity contribution in [3.63, 3.8) is 0 Å². The summed E-state index contributed by atoms with van der Waals surface area (Å²) in [5, 5.41) is 8.16. The number of hydrogen-bond acceptors (Lipinski definition) is 5. The Balaban J connectivity index is -0.00000227. The largest absolute Gasteiger partial charge is 0.344 e. The standard InChI is InChI=1S/C23H41N3O4.C2H6.CH4S/c1-9-10-11-12-19(27)26-20(15(4)5)23(30)24-17(8)22(29)25-18(13-14(2)3)21(28)16(6)7;2*1-2/h14-15,17-18,20H,6,9-13H2,1-5,7-8H3,(H,24,30)(H,25,29)(H,26,27);1-2H3;2H,1H3/t17-,18?,20?;;/m0../s1. The molecule has 0 aromatic heterocycles. The van der Waals surface area contributed by atoms with Crippen molar-refractivity contribution in [1.82, 2.24) is 16.0 Å². The van der Waals surface area contributed by atoms with E-state index >= 15 is 0 Å². The predicted molar refractivity (Wildman–Crippen MR) is 146 cm³/mol. The van der Waals surface area contributed by atoms with Crippen LogP contribution in [-0.2, 0) is 19.2 Å². The molecule has 0 spiro atoms. The summed E-state index contributed by atoms with van der Waals surface area (Å²) in [6, 6.07) is -2.24. The Morgan fingerprint density at radius 2 is 1.38 bits per heavy atom. The van der Waals surface area contributed by atoms with Gasteiger partial charge in [-0.2, -0.15) is 12.6 Å². The zero-order valence-corrected chi connectivity index (χ0v) is 24.1. The van der Waals surface area contributed by atoms with Gasteiger partial charge in [0.25, 0.3) is 0 Å². The van der Waals surface area contributed by atoms with E-state index in [1.54, 1.807) is 20.1 Å². The van der Waals surface area contributed by atoms with Gasteiger partial charge in [0.05, 0.1) is 6.04 Å². The number of carbonyl (C=O) groups is 4. The molecule has 7 nitrogen and oxygen atoms in total. The molecule has 0 aliphatic rings. The fourth-order valence-corrected chi connectivity index (χ4v) is 2.98. The van der Waals surface area contributed by atoms with Gasteiger partial charge in [0.15, 0.2) is 5.78 Å². The van der Waals surface area contributed by atoms with E-state index in [4.69, 9.17) is 0 Å². The average molecular weight is 502 g/mol. The lowest BCUT2D eigenvalue weighted by molar-refractivity contribution is -0.133. The molecule has 3 N–H and O–H groups in total. The van der Waals surface area contributed by atoms with Crippen molar-refractivity contribution in [2.45, 2.75) is 113 Å². The normalized spacial score (nSPS) is 12.7. The Morgan fingerprint density at radius 3 is 1.79 bits per heavy atom. The molecular weight excluding hydrogens is 450 g/mol. The first-order valence-electron chi connectivity index (χ1n) is 12.4. The first-order chi connectivity index (χ1) is 15.9. The minimum absolute atomic E-state index is 0.130. The average Bonchev–Trinajstić information content (AvgIpc) is 2.78. The number of hydrogen-bond donors (Lipinski definition) is 4. The summed E-state index contributed by atoms with van der Waals surface area (Å²) in [5.74, 6) is -1.16. The molecule has 0 heterocycles. The van der Waals surface area contributed by atoms with Crippen LogP contribution in [-0.4, -0.2) is 47.9 Å². The van der Waals surface area contributed by atoms with Crippen LogP contribution in [0.15, 0.2) is 12.2 Å². The first-order valence-corrected chi connectivity index (χ1v) is 13.3. The van der Waals surface area contributed by atoms with Crippen molar-refractivity contribution in [1.29, 1.82) is 0 Å². The van der Waals surface area contributed by atoms with Gasteiger partial charge >= 0.3 is 0 Å². The van der Waals surface area contributed by atoms with Crippen LogP contribution in [0.3, 0.4) is 0 Å². The first kappa shape index (κ1) is 36.7. The fourth-order valence-electron chi connectivity index (χ4n) is 2.98. The number of Topliss-reactive ketones (excluding diaryl/α,β-unsaturated/α-hetero) is 1. The van der Waals surface area contributed by atoms with Gasteiger partial charge in [-0.1, -0.05) is 67.9 Å². The van der Waals surface area contributed by atoms with Crippen LogP contribution in [0.4, 0.5) is 0 Å². The Labute approximate surface area is 214 Å². The second kappa shape index (κ2) is 21.7. The molecule has 0 aliphatic heterocycles. The molecule has 0 saturated heterocycles. The minimum Gasteiger partial charge on any atom is -0.344 e. The molecular formula is C26H51N3O4S. The van der Waals surface area contributed by atoms with Crippen LogP contribution >= 0.6 is 12.6 Å². The third kappa shape index (κ3) is 16.7. The molecule has 0 radical (unpaired) electrons. The van der Waals surface area contributed by atoms with Crippen molar-refractivity contribution in [2.75, 3.05) is 6.26 Å². The zero-order chi connectivity index (χ0) is 27.4. The van der Waals surface area contributed by atoms with Gasteiger partial charge in [0.2, 0.25) is 17.7 Å². The number of thiol groups is 1. The Kier molecular flexibility index (Phi) is 23.4. The lowest BCUT2D eigenvalue weighted by Crippen LogP contribution is -2.56. The van der Waals surface area contributed by atoms with Gasteiger partial charge in [0.1, 0.15) is 12.1 Å². The van der Waals surface area contributed by atoms with E-state index < -0.39 is 29.9 Å². The summed E-state index contributed by atoms with van der Waals surface area (Å²) in [4.78, 5) is 49.7. The molecule has 0 aromatic rings. The summed E-state index contributed by atoms with van der Waals surface area (Å²) in [7, 11) is 0. The number of amides is 3. The summed E-state index contributed by atoms with van der Waals surface area (Å²) in [6.07, 6.45) is 5.31. The van der Waals surface area contributed by atoms with E-state index in [-0.39, 0.29) is 23.5 Å². The smallest absolute Gasteiger partial charge is 0.243 e. The van der Waals surface area contributed by atoms with Crippen LogP contribution in [0, 0.1) is 11.8 Å².